The molecule has 2 aromatic rings. The average molecular weight is 369 g/mol. The van der Waals surface area contributed by atoms with Crippen LogP contribution in [0.25, 0.3) is 12.2 Å². The molecule has 5 rings (SSSR count). The Morgan fingerprint density at radius 1 is 0.630 bits per heavy atom. The molecule has 0 fully saturated rings. The standard InChI is InChI=1S/C22H20N4Si/c1-27(2)19-15(5-3-7-17(19)21-23-11-12-24-21)9-10-16-6-4-8-18(20(16)27)22-25-13-14-26-22/h3-14,21-22H,1-2H3. The van der Waals surface area contributed by atoms with E-state index in [9.17, 15) is 0 Å². The molecule has 0 saturated carbocycles. The van der Waals surface area contributed by atoms with Gasteiger partial charge in [0, 0.05) is 24.9 Å². The summed E-state index contributed by atoms with van der Waals surface area (Å²) < 4.78 is 0. The van der Waals surface area contributed by atoms with Gasteiger partial charge in [0.2, 0.25) is 0 Å². The predicted octanol–water partition coefficient (Wildman–Crippen LogP) is 3.30. The van der Waals surface area contributed by atoms with E-state index in [2.05, 4.69) is 81.6 Å². The number of hydrogen-bond acceptors (Lipinski definition) is 4. The van der Waals surface area contributed by atoms with E-state index in [4.69, 9.17) is 0 Å². The van der Waals surface area contributed by atoms with Crippen molar-refractivity contribution in [1.82, 2.24) is 0 Å². The molecule has 0 amide bonds. The van der Waals surface area contributed by atoms with Crippen molar-refractivity contribution in [3.05, 3.63) is 58.7 Å². The third kappa shape index (κ3) is 2.50. The van der Waals surface area contributed by atoms with Crippen LogP contribution in [0.15, 0.2) is 56.4 Å². The van der Waals surface area contributed by atoms with E-state index in [0.717, 1.165) is 0 Å². The van der Waals surface area contributed by atoms with Crippen LogP contribution in [0.3, 0.4) is 0 Å². The third-order valence-corrected chi connectivity index (χ3v) is 9.20. The van der Waals surface area contributed by atoms with Crippen LogP contribution in [0.1, 0.15) is 34.6 Å². The zero-order chi connectivity index (χ0) is 18.4. The van der Waals surface area contributed by atoms with E-state index in [1.165, 1.54) is 32.6 Å². The second-order valence-electron chi connectivity index (χ2n) is 7.52. The number of benzene rings is 2. The smallest absolute Gasteiger partial charge is 0.165 e. The highest BCUT2D eigenvalue weighted by Crippen LogP contribution is 2.30. The lowest BCUT2D eigenvalue weighted by molar-refractivity contribution is 0.804. The van der Waals surface area contributed by atoms with E-state index >= 15 is 0 Å². The minimum absolute atomic E-state index is 0.128. The van der Waals surface area contributed by atoms with E-state index in [1.54, 1.807) is 24.9 Å². The lowest BCUT2D eigenvalue weighted by atomic mass is 10.1. The first-order valence-electron chi connectivity index (χ1n) is 9.21. The van der Waals surface area contributed by atoms with Crippen molar-refractivity contribution >= 4 is 55.5 Å². The van der Waals surface area contributed by atoms with Gasteiger partial charge < -0.3 is 0 Å². The first-order chi connectivity index (χ1) is 13.2. The lowest BCUT2D eigenvalue weighted by Gasteiger charge is -2.31. The van der Waals surface area contributed by atoms with Crippen LogP contribution >= 0.6 is 0 Å². The summed E-state index contributed by atoms with van der Waals surface area (Å²) >= 11 is 0. The summed E-state index contributed by atoms with van der Waals surface area (Å²) in [5, 5.41) is 2.83. The molecule has 0 aromatic heterocycles. The molecule has 0 spiro atoms. The largest absolute Gasteiger partial charge is 0.260 e. The molecule has 132 valence electrons. The molecule has 0 bridgehead atoms. The van der Waals surface area contributed by atoms with E-state index in [-0.39, 0.29) is 12.3 Å². The topological polar surface area (TPSA) is 49.4 Å². The number of fused-ring (bicyclic) bond motifs is 2. The minimum Gasteiger partial charge on any atom is -0.260 e. The van der Waals surface area contributed by atoms with Crippen molar-refractivity contribution in [3.63, 3.8) is 0 Å². The Bertz CT molecular complexity index is 968. The Labute approximate surface area is 159 Å². The Kier molecular flexibility index (Phi) is 3.65. The maximum absolute atomic E-state index is 4.57. The first-order valence-corrected chi connectivity index (χ1v) is 12.2. The van der Waals surface area contributed by atoms with Gasteiger partial charge in [0.1, 0.15) is 8.07 Å². The molecule has 0 saturated heterocycles. The Balaban J connectivity index is 1.79. The fourth-order valence-electron chi connectivity index (χ4n) is 4.51. The molecule has 3 aliphatic heterocycles. The van der Waals surface area contributed by atoms with Crippen molar-refractivity contribution in [2.24, 2.45) is 20.0 Å². The second kappa shape index (κ2) is 6.06. The first kappa shape index (κ1) is 16.3. The molecule has 27 heavy (non-hydrogen) atoms. The van der Waals surface area contributed by atoms with Gasteiger partial charge in [-0.05, 0) is 32.6 Å². The molecule has 0 N–H and O–H groups in total. The Hall–Kier alpha value is -2.92. The van der Waals surface area contributed by atoms with Crippen molar-refractivity contribution in [1.29, 1.82) is 0 Å². The number of aliphatic imine (C=N–C) groups is 4. The zero-order valence-corrected chi connectivity index (χ0v) is 16.4. The van der Waals surface area contributed by atoms with Crippen LogP contribution in [-0.2, 0) is 0 Å². The van der Waals surface area contributed by atoms with Crippen LogP contribution in [0.5, 0.6) is 0 Å². The van der Waals surface area contributed by atoms with Gasteiger partial charge in [0.25, 0.3) is 0 Å². The van der Waals surface area contributed by atoms with Gasteiger partial charge in [-0.2, -0.15) is 0 Å². The lowest BCUT2D eigenvalue weighted by Crippen LogP contribution is -2.57. The Morgan fingerprint density at radius 3 is 1.44 bits per heavy atom. The van der Waals surface area contributed by atoms with Gasteiger partial charge in [0.05, 0.1) is 0 Å². The molecule has 3 aliphatic rings. The van der Waals surface area contributed by atoms with Crippen LogP contribution in [0, 0.1) is 0 Å². The Morgan fingerprint density at radius 2 is 1.04 bits per heavy atom. The highest BCUT2D eigenvalue weighted by molar-refractivity contribution is 7.02. The van der Waals surface area contributed by atoms with Crippen molar-refractivity contribution in [3.8, 4) is 0 Å². The third-order valence-electron chi connectivity index (χ3n) is 5.55. The van der Waals surface area contributed by atoms with Crippen LogP contribution in [0.4, 0.5) is 0 Å². The summed E-state index contributed by atoms with van der Waals surface area (Å²) in [7, 11) is -2.06. The van der Waals surface area contributed by atoms with Crippen LogP contribution in [-0.4, -0.2) is 32.9 Å². The summed E-state index contributed by atoms with van der Waals surface area (Å²) in [4.78, 5) is 18.3. The van der Waals surface area contributed by atoms with Gasteiger partial charge in [-0.3, -0.25) is 20.0 Å². The molecular formula is C22H20N4Si. The average Bonchev–Trinajstić information content (AvgIpc) is 3.37. The normalized spacial score (nSPS) is 19.5. The molecule has 0 radical (unpaired) electrons. The quantitative estimate of drug-likeness (QED) is 0.731. The molecule has 2 aromatic carbocycles. The molecule has 0 atom stereocenters. The van der Waals surface area contributed by atoms with Crippen molar-refractivity contribution in [2.45, 2.75) is 25.4 Å². The highest BCUT2D eigenvalue weighted by atomic mass is 28.3. The number of rotatable bonds is 2. The summed E-state index contributed by atoms with van der Waals surface area (Å²) in [6.07, 6.45) is 11.4. The van der Waals surface area contributed by atoms with Crippen LogP contribution in [0.2, 0.25) is 13.1 Å². The highest BCUT2D eigenvalue weighted by Gasteiger charge is 2.38. The summed E-state index contributed by atoms with van der Waals surface area (Å²) in [6.45, 7) is 4.85. The van der Waals surface area contributed by atoms with Crippen LogP contribution < -0.4 is 10.4 Å². The fraction of sp³-hybridized carbons (Fsp3) is 0.182. The molecular weight excluding hydrogens is 348 g/mol. The number of hydrogen-bond donors (Lipinski definition) is 0. The van der Waals surface area contributed by atoms with Gasteiger partial charge in [0.15, 0.2) is 12.3 Å². The SMILES string of the molecule is C[Si]1(C)c2c(cccc2C2N=CC=N2)C=Cc2cccc(C3N=CC=N3)c21. The van der Waals surface area contributed by atoms with Gasteiger partial charge >= 0.3 is 0 Å². The second-order valence-corrected chi connectivity index (χ2v) is 11.8. The van der Waals surface area contributed by atoms with E-state index < -0.39 is 8.07 Å². The molecule has 0 aliphatic carbocycles. The van der Waals surface area contributed by atoms with Gasteiger partial charge in [-0.15, -0.1) is 0 Å². The van der Waals surface area contributed by atoms with Gasteiger partial charge in [-0.25, -0.2) is 0 Å². The summed E-state index contributed by atoms with van der Waals surface area (Å²) in [6, 6.07) is 13.0. The maximum Gasteiger partial charge on any atom is 0.165 e. The van der Waals surface area contributed by atoms with Gasteiger partial charge in [-0.1, -0.05) is 61.6 Å². The zero-order valence-electron chi connectivity index (χ0n) is 15.4. The molecule has 4 nitrogen and oxygen atoms in total. The molecule has 5 heteroatoms. The maximum atomic E-state index is 4.57. The number of nitrogens with zero attached hydrogens (tertiary/aromatic N) is 4. The monoisotopic (exact) mass is 368 g/mol. The van der Waals surface area contributed by atoms with Crippen molar-refractivity contribution < 1.29 is 0 Å². The van der Waals surface area contributed by atoms with E-state index in [0.29, 0.717) is 0 Å². The fourth-order valence-corrected chi connectivity index (χ4v) is 8.41. The van der Waals surface area contributed by atoms with Crippen molar-refractivity contribution in [2.75, 3.05) is 0 Å². The molecule has 0 unspecified atom stereocenters. The summed E-state index contributed by atoms with van der Waals surface area (Å²) in [5.41, 5.74) is 5.00. The van der Waals surface area contributed by atoms with E-state index in [1.807, 2.05) is 0 Å². The minimum atomic E-state index is -2.06. The molecule has 3 heterocycles. The predicted molar refractivity (Wildman–Crippen MR) is 118 cm³/mol. The summed E-state index contributed by atoms with van der Waals surface area (Å²) in [5.74, 6) is 0.